The first-order chi connectivity index (χ1) is 3.21. The van der Waals surface area contributed by atoms with Gasteiger partial charge in [0.25, 0.3) is 0 Å². The Kier molecular flexibility index (Phi) is 1.61. The first-order valence-electron chi connectivity index (χ1n) is 2.05. The summed E-state index contributed by atoms with van der Waals surface area (Å²) in [6.45, 7) is 0. The molecule has 0 unspecified atom stereocenters. The summed E-state index contributed by atoms with van der Waals surface area (Å²) in [5.74, 6) is 2.08. The largest absolute Gasteiger partial charge is 0.141 e. The van der Waals surface area contributed by atoms with E-state index in [9.17, 15) is 0 Å². The predicted molar refractivity (Wildman–Crippen MR) is 45.0 cm³/mol. The molecule has 0 saturated heterocycles. The molecular weight excluding hydrogens is 143 g/mol. The Morgan fingerprint density at radius 1 is 1.43 bits per heavy atom. The van der Waals surface area contributed by atoms with Crippen LogP contribution in [0.3, 0.4) is 0 Å². The van der Waals surface area contributed by atoms with E-state index in [2.05, 4.69) is 36.4 Å². The smallest absolute Gasteiger partial charge is 0.00248 e. The van der Waals surface area contributed by atoms with Gasteiger partial charge in [-0.05, 0) is 11.1 Å². The van der Waals surface area contributed by atoms with Crippen LogP contribution in [0.2, 0.25) is 0 Å². The molecule has 0 nitrogen and oxygen atoms in total. The summed E-state index contributed by atoms with van der Waals surface area (Å²) in [6.07, 6.45) is 5.20. The van der Waals surface area contributed by atoms with Gasteiger partial charge in [0.05, 0.1) is 0 Å². The molecule has 0 fully saturated rings. The first kappa shape index (κ1) is 5.87. The van der Waals surface area contributed by atoms with E-state index in [1.165, 1.54) is 0 Å². The summed E-state index contributed by atoms with van der Waals surface area (Å²) in [5.41, 5.74) is 0. The summed E-state index contributed by atoms with van der Waals surface area (Å²) in [7, 11) is 0. The van der Waals surface area contributed by atoms with E-state index >= 15 is 0 Å². The maximum atomic E-state index is 4.31. The van der Waals surface area contributed by atoms with E-state index in [1.54, 1.807) is 0 Å². The van der Waals surface area contributed by atoms with Gasteiger partial charge in [0, 0.05) is 6.16 Å². The van der Waals surface area contributed by atoms with Gasteiger partial charge in [-0.3, -0.25) is 0 Å². The lowest BCUT2D eigenvalue weighted by molar-refractivity contribution is 1.82. The Balaban J connectivity index is 2.80. The quantitative estimate of drug-likeness (QED) is 0.383. The highest BCUT2D eigenvalue weighted by atomic mass is 33.1. The molecule has 1 heterocycles. The monoisotopic (exact) mass is 150 g/mol. The van der Waals surface area contributed by atoms with E-state index in [-0.39, 0.29) is 0 Å². The molecule has 0 aromatic carbocycles. The lowest BCUT2D eigenvalue weighted by atomic mass is 10.6. The fourth-order valence-corrected chi connectivity index (χ4v) is 2.45. The molecule has 1 aliphatic rings. The molecule has 0 spiro atoms. The van der Waals surface area contributed by atoms with Gasteiger partial charge in [0.15, 0.2) is 0 Å². The molecule has 0 saturated carbocycles. The van der Waals surface area contributed by atoms with E-state index in [1.807, 2.05) is 6.08 Å². The van der Waals surface area contributed by atoms with Crippen molar-refractivity contribution in [2.24, 2.45) is 0 Å². The molecule has 0 aromatic rings. The van der Waals surface area contributed by atoms with Gasteiger partial charge in [0.1, 0.15) is 0 Å². The average Bonchev–Trinajstić information content (AvgIpc) is 1.84. The third-order valence-corrected chi connectivity index (χ3v) is 4.01. The van der Waals surface area contributed by atoms with E-state index < -0.39 is 5.29 Å². The zero-order chi connectivity index (χ0) is 5.33. The highest BCUT2D eigenvalue weighted by Gasteiger charge is 2.04. The van der Waals surface area contributed by atoms with Gasteiger partial charge in [-0.15, -0.1) is 24.5 Å². The molecule has 0 radical (unpaired) electrons. The standard InChI is InChI=1S/C4H7PS2/c6-5(7)3-1-2-4-5/h1-3,6-7H,4H2. The second-order valence-electron chi connectivity index (χ2n) is 1.55. The zero-order valence-corrected chi connectivity index (χ0v) is 6.46. The fourth-order valence-electron chi connectivity index (χ4n) is 0.476. The van der Waals surface area contributed by atoms with Crippen LogP contribution in [0.1, 0.15) is 0 Å². The normalized spacial score (nSPS) is 24.9. The van der Waals surface area contributed by atoms with Crippen molar-refractivity contribution < 1.29 is 0 Å². The maximum Gasteiger partial charge on any atom is 0.00248 e. The van der Waals surface area contributed by atoms with Crippen LogP contribution in [0, 0.1) is 0 Å². The molecule has 0 N–H and O–H groups in total. The van der Waals surface area contributed by atoms with Crippen LogP contribution >= 0.6 is 29.8 Å². The van der Waals surface area contributed by atoms with Crippen molar-refractivity contribution in [2.75, 3.05) is 6.16 Å². The summed E-state index contributed by atoms with van der Waals surface area (Å²) in [6, 6.07) is 0. The summed E-state index contributed by atoms with van der Waals surface area (Å²) in [5, 5.41) is -1.14. The van der Waals surface area contributed by atoms with Crippen LogP contribution in [0.5, 0.6) is 0 Å². The molecule has 0 aromatic heterocycles. The van der Waals surface area contributed by atoms with E-state index in [0.29, 0.717) is 0 Å². The second kappa shape index (κ2) is 1.93. The lowest BCUT2D eigenvalue weighted by Gasteiger charge is -2.01. The zero-order valence-electron chi connectivity index (χ0n) is 3.78. The SMILES string of the molecule is SP1(S)=CC=CC1. The van der Waals surface area contributed by atoms with Crippen LogP contribution in [0.15, 0.2) is 12.2 Å². The van der Waals surface area contributed by atoms with Gasteiger partial charge in [0.2, 0.25) is 0 Å². The van der Waals surface area contributed by atoms with Crippen molar-refractivity contribution in [3.05, 3.63) is 12.2 Å². The number of rotatable bonds is 0. The molecule has 40 valence electrons. The average molecular weight is 150 g/mol. The number of allylic oxidation sites excluding steroid dienone is 2. The molecule has 0 amide bonds. The Hall–Kier alpha value is 0.740. The van der Waals surface area contributed by atoms with Gasteiger partial charge >= 0.3 is 0 Å². The third-order valence-electron chi connectivity index (χ3n) is 0.835. The molecule has 7 heavy (non-hydrogen) atoms. The molecular formula is C4H7PS2. The molecule has 0 aliphatic carbocycles. The summed E-state index contributed by atoms with van der Waals surface area (Å²) >= 11 is 8.61. The van der Waals surface area contributed by atoms with Crippen LogP contribution in [-0.2, 0) is 0 Å². The Morgan fingerprint density at radius 3 is 2.29 bits per heavy atom. The summed E-state index contributed by atoms with van der Waals surface area (Å²) < 4.78 is 0. The van der Waals surface area contributed by atoms with Gasteiger partial charge in [-0.25, -0.2) is 0 Å². The maximum absolute atomic E-state index is 4.31. The minimum atomic E-state index is -1.14. The van der Waals surface area contributed by atoms with Crippen molar-refractivity contribution in [1.82, 2.24) is 0 Å². The van der Waals surface area contributed by atoms with Crippen molar-refractivity contribution in [3.8, 4) is 0 Å². The Labute approximate surface area is 54.3 Å². The van der Waals surface area contributed by atoms with Gasteiger partial charge in [-0.2, -0.15) is 0 Å². The molecule has 0 atom stereocenters. The van der Waals surface area contributed by atoms with Crippen LogP contribution in [0.4, 0.5) is 0 Å². The third kappa shape index (κ3) is 1.60. The van der Waals surface area contributed by atoms with Crippen molar-refractivity contribution in [3.63, 3.8) is 0 Å². The van der Waals surface area contributed by atoms with E-state index in [0.717, 1.165) is 6.16 Å². The van der Waals surface area contributed by atoms with Gasteiger partial charge < -0.3 is 0 Å². The Morgan fingerprint density at radius 2 is 2.14 bits per heavy atom. The molecule has 3 heteroatoms. The molecule has 1 rings (SSSR count). The highest BCUT2D eigenvalue weighted by Crippen LogP contribution is 2.58. The fraction of sp³-hybridized carbons (Fsp3) is 0.250. The summed E-state index contributed by atoms with van der Waals surface area (Å²) in [4.78, 5) is 0. The number of hydrogen-bond donors (Lipinski definition) is 2. The van der Waals surface area contributed by atoms with Crippen molar-refractivity contribution >= 4 is 35.6 Å². The van der Waals surface area contributed by atoms with Crippen LogP contribution < -0.4 is 0 Å². The minimum absolute atomic E-state index is 1.05. The van der Waals surface area contributed by atoms with Crippen LogP contribution in [-0.4, -0.2) is 12.0 Å². The predicted octanol–water partition coefficient (Wildman–Crippen LogP) is 2.07. The number of thiol groups is 2. The minimum Gasteiger partial charge on any atom is -0.141 e. The second-order valence-corrected chi connectivity index (χ2v) is 9.01. The van der Waals surface area contributed by atoms with Crippen LogP contribution in [0.25, 0.3) is 0 Å². The number of hydrogen-bond acceptors (Lipinski definition) is 2. The first-order valence-corrected chi connectivity index (χ1v) is 6.40. The van der Waals surface area contributed by atoms with Gasteiger partial charge in [-0.1, -0.05) is 12.2 Å². The molecule has 0 bridgehead atoms. The Bertz CT molecular complexity index is 142. The topological polar surface area (TPSA) is 0 Å². The highest BCUT2D eigenvalue weighted by molar-refractivity contribution is 8.84. The van der Waals surface area contributed by atoms with Crippen molar-refractivity contribution in [2.45, 2.75) is 0 Å². The van der Waals surface area contributed by atoms with Crippen molar-refractivity contribution in [1.29, 1.82) is 0 Å². The lowest BCUT2D eigenvalue weighted by Crippen LogP contribution is -1.60. The molecule has 1 aliphatic heterocycles. The van der Waals surface area contributed by atoms with E-state index in [4.69, 9.17) is 0 Å².